The zero-order chi connectivity index (χ0) is 21.7. The summed E-state index contributed by atoms with van der Waals surface area (Å²) < 4.78 is 39.2. The summed E-state index contributed by atoms with van der Waals surface area (Å²) in [5, 5.41) is 9.10. The Hall–Kier alpha value is -2.58. The number of aromatic carboxylic acids is 1. The zero-order valence-corrected chi connectivity index (χ0v) is 18.0. The largest absolute Gasteiger partial charge is 0.493 e. The lowest BCUT2D eigenvalue weighted by Gasteiger charge is -2.33. The summed E-state index contributed by atoms with van der Waals surface area (Å²) in [6.07, 6.45) is 4.69. The molecule has 1 N–H and O–H groups in total. The minimum Gasteiger partial charge on any atom is -0.493 e. The van der Waals surface area contributed by atoms with E-state index < -0.39 is 16.0 Å². The zero-order valence-electron chi connectivity index (χ0n) is 17.2. The Labute approximate surface area is 177 Å². The van der Waals surface area contributed by atoms with Crippen LogP contribution in [0.4, 0.5) is 0 Å². The van der Waals surface area contributed by atoms with Gasteiger partial charge >= 0.3 is 5.97 Å². The number of hydrogen-bond donors (Lipinski definition) is 1. The van der Waals surface area contributed by atoms with Crippen LogP contribution in [0.25, 0.3) is 0 Å². The topological polar surface area (TPSA) is 93.1 Å². The van der Waals surface area contributed by atoms with Crippen LogP contribution in [0, 0.1) is 0 Å². The van der Waals surface area contributed by atoms with E-state index in [-0.39, 0.29) is 23.0 Å². The van der Waals surface area contributed by atoms with Gasteiger partial charge in [0.25, 0.3) is 0 Å². The number of sulfonamides is 1. The molecule has 7 nitrogen and oxygen atoms in total. The molecule has 1 fully saturated rings. The van der Waals surface area contributed by atoms with Crippen LogP contribution >= 0.6 is 0 Å². The maximum Gasteiger partial charge on any atom is 0.335 e. The first-order valence-corrected chi connectivity index (χ1v) is 11.4. The third kappa shape index (κ3) is 4.76. The first-order chi connectivity index (χ1) is 14.4. The van der Waals surface area contributed by atoms with Crippen LogP contribution in [-0.2, 0) is 16.6 Å². The number of methoxy groups -OCH3 is 2. The number of benzene rings is 2. The summed E-state index contributed by atoms with van der Waals surface area (Å²) in [5.41, 5.74) is 0.849. The second kappa shape index (κ2) is 9.49. The molecule has 1 saturated carbocycles. The number of rotatable bonds is 8. The lowest BCUT2D eigenvalue weighted by atomic mass is 9.95. The van der Waals surface area contributed by atoms with Crippen molar-refractivity contribution in [3.8, 4) is 11.5 Å². The van der Waals surface area contributed by atoms with E-state index in [0.717, 1.165) is 37.7 Å². The van der Waals surface area contributed by atoms with Gasteiger partial charge in [-0.2, -0.15) is 4.31 Å². The number of carboxylic acid groups (broad SMARTS) is 1. The minimum absolute atomic E-state index is 0.0538. The van der Waals surface area contributed by atoms with Crippen molar-refractivity contribution in [3.05, 3.63) is 53.6 Å². The van der Waals surface area contributed by atoms with Crippen molar-refractivity contribution in [1.82, 2.24) is 4.31 Å². The molecule has 1 aliphatic rings. The molecule has 2 aromatic rings. The number of ether oxygens (including phenoxy) is 2. The van der Waals surface area contributed by atoms with Gasteiger partial charge in [0.1, 0.15) is 0 Å². The molecule has 0 bridgehead atoms. The van der Waals surface area contributed by atoms with Gasteiger partial charge in [-0.25, -0.2) is 13.2 Å². The second-order valence-electron chi connectivity index (χ2n) is 7.36. The van der Waals surface area contributed by atoms with Crippen molar-refractivity contribution in [2.24, 2.45) is 0 Å². The number of carbonyl (C=O) groups is 1. The van der Waals surface area contributed by atoms with Crippen LogP contribution in [0.3, 0.4) is 0 Å². The maximum atomic E-state index is 13.5. The van der Waals surface area contributed by atoms with Gasteiger partial charge in [0.05, 0.1) is 24.7 Å². The van der Waals surface area contributed by atoms with Gasteiger partial charge in [0.2, 0.25) is 10.0 Å². The maximum absolute atomic E-state index is 13.5. The third-order valence-corrected chi connectivity index (χ3v) is 7.39. The Kier molecular flexibility index (Phi) is 6.99. The van der Waals surface area contributed by atoms with Gasteiger partial charge in [0, 0.05) is 12.6 Å². The Morgan fingerprint density at radius 3 is 2.20 bits per heavy atom. The molecule has 0 spiro atoms. The van der Waals surface area contributed by atoms with Gasteiger partial charge in [-0.05, 0) is 54.8 Å². The predicted molar refractivity (Wildman–Crippen MR) is 113 cm³/mol. The van der Waals surface area contributed by atoms with Crippen LogP contribution in [0.2, 0.25) is 0 Å². The average Bonchev–Trinajstić information content (AvgIpc) is 2.77. The van der Waals surface area contributed by atoms with Crippen molar-refractivity contribution in [1.29, 1.82) is 0 Å². The van der Waals surface area contributed by atoms with E-state index in [1.165, 1.54) is 24.3 Å². The first-order valence-electron chi connectivity index (χ1n) is 9.93. The first kappa shape index (κ1) is 22.1. The summed E-state index contributed by atoms with van der Waals surface area (Å²) in [4.78, 5) is 11.2. The second-order valence-corrected chi connectivity index (χ2v) is 9.25. The SMILES string of the molecule is COc1ccc(CN(C2CCCCC2)S(=O)(=O)c2ccc(C(=O)O)cc2)cc1OC. The van der Waals surface area contributed by atoms with Crippen molar-refractivity contribution < 1.29 is 27.8 Å². The molecule has 1 aliphatic carbocycles. The van der Waals surface area contributed by atoms with Crippen LogP contribution in [0.1, 0.15) is 48.0 Å². The minimum atomic E-state index is -3.81. The molecular weight excluding hydrogens is 406 g/mol. The van der Waals surface area contributed by atoms with E-state index in [1.807, 2.05) is 6.07 Å². The monoisotopic (exact) mass is 433 g/mol. The molecule has 0 heterocycles. The molecule has 0 saturated heterocycles. The number of nitrogens with zero attached hydrogens (tertiary/aromatic N) is 1. The van der Waals surface area contributed by atoms with Gasteiger partial charge in [0.15, 0.2) is 11.5 Å². The molecule has 2 aromatic carbocycles. The van der Waals surface area contributed by atoms with Crippen LogP contribution in [0.5, 0.6) is 11.5 Å². The molecule has 0 radical (unpaired) electrons. The van der Waals surface area contributed by atoms with Crippen LogP contribution < -0.4 is 9.47 Å². The number of hydrogen-bond acceptors (Lipinski definition) is 5. The Morgan fingerprint density at radius 2 is 1.63 bits per heavy atom. The fraction of sp³-hybridized carbons (Fsp3) is 0.409. The van der Waals surface area contributed by atoms with Crippen molar-refractivity contribution >= 4 is 16.0 Å². The summed E-state index contributed by atoms with van der Waals surface area (Å²) >= 11 is 0. The molecule has 30 heavy (non-hydrogen) atoms. The molecule has 3 rings (SSSR count). The number of carboxylic acids is 1. The van der Waals surface area contributed by atoms with E-state index in [2.05, 4.69) is 0 Å². The van der Waals surface area contributed by atoms with Gasteiger partial charge in [-0.1, -0.05) is 25.3 Å². The molecule has 0 aromatic heterocycles. The Balaban J connectivity index is 1.96. The van der Waals surface area contributed by atoms with Gasteiger partial charge in [-0.3, -0.25) is 0 Å². The highest BCUT2D eigenvalue weighted by Gasteiger charge is 2.32. The third-order valence-electron chi connectivity index (χ3n) is 5.48. The Morgan fingerprint density at radius 1 is 1.00 bits per heavy atom. The van der Waals surface area contributed by atoms with E-state index in [1.54, 1.807) is 30.7 Å². The highest BCUT2D eigenvalue weighted by atomic mass is 32.2. The Bertz CT molecular complexity index is 981. The smallest absolute Gasteiger partial charge is 0.335 e. The molecule has 0 amide bonds. The highest BCUT2D eigenvalue weighted by molar-refractivity contribution is 7.89. The molecule has 162 valence electrons. The van der Waals surface area contributed by atoms with E-state index >= 15 is 0 Å². The standard InChI is InChI=1S/C22H27NO6S/c1-28-20-13-8-16(14-21(20)29-2)15-23(18-6-4-3-5-7-18)30(26,27)19-11-9-17(10-12-19)22(24)25/h8-14,18H,3-7,15H2,1-2H3,(H,24,25). The molecule has 0 atom stereocenters. The van der Waals surface area contributed by atoms with Gasteiger partial charge < -0.3 is 14.6 Å². The summed E-state index contributed by atoms with van der Waals surface area (Å²) in [6, 6.07) is 10.7. The average molecular weight is 434 g/mol. The fourth-order valence-corrected chi connectivity index (χ4v) is 5.52. The van der Waals surface area contributed by atoms with E-state index in [0.29, 0.717) is 11.5 Å². The van der Waals surface area contributed by atoms with E-state index in [9.17, 15) is 13.2 Å². The normalized spacial score (nSPS) is 15.2. The van der Waals surface area contributed by atoms with Crippen molar-refractivity contribution in [3.63, 3.8) is 0 Å². The summed E-state index contributed by atoms with van der Waals surface area (Å²) in [6.45, 7) is 0.202. The van der Waals surface area contributed by atoms with Crippen molar-refractivity contribution in [2.45, 2.75) is 49.6 Å². The fourth-order valence-electron chi connectivity index (χ4n) is 3.84. The molecular formula is C22H27NO6S. The van der Waals surface area contributed by atoms with Crippen molar-refractivity contribution in [2.75, 3.05) is 14.2 Å². The van der Waals surface area contributed by atoms with Gasteiger partial charge in [-0.15, -0.1) is 0 Å². The summed E-state index contributed by atoms with van der Waals surface area (Å²) in [7, 11) is -0.713. The molecule has 0 unspecified atom stereocenters. The molecule has 0 aliphatic heterocycles. The van der Waals surface area contributed by atoms with Crippen LogP contribution in [0.15, 0.2) is 47.4 Å². The lowest BCUT2D eigenvalue weighted by molar-refractivity contribution is 0.0696. The highest BCUT2D eigenvalue weighted by Crippen LogP contribution is 2.32. The lowest BCUT2D eigenvalue weighted by Crippen LogP contribution is -2.40. The molecule has 8 heteroatoms. The quantitative estimate of drug-likeness (QED) is 0.678. The van der Waals surface area contributed by atoms with E-state index in [4.69, 9.17) is 14.6 Å². The summed E-state index contributed by atoms with van der Waals surface area (Å²) in [5.74, 6) is 0.0350. The predicted octanol–water partition coefficient (Wildman–Crippen LogP) is 3.93. The van der Waals surface area contributed by atoms with Crippen LogP contribution in [-0.4, -0.2) is 44.1 Å².